The van der Waals surface area contributed by atoms with Gasteiger partial charge in [-0.2, -0.15) is 4.39 Å². The normalized spacial score (nSPS) is 18.4. The lowest BCUT2D eigenvalue weighted by atomic mass is 9.99. The summed E-state index contributed by atoms with van der Waals surface area (Å²) in [6.45, 7) is 4.98. The van der Waals surface area contributed by atoms with Crippen LogP contribution in [-0.4, -0.2) is 53.2 Å². The number of aliphatic hydroxyl groups excluding tert-OH is 1. The van der Waals surface area contributed by atoms with Crippen LogP contribution in [0.15, 0.2) is 18.3 Å². The molecule has 1 atom stereocenters. The molecule has 0 radical (unpaired) electrons. The van der Waals surface area contributed by atoms with Gasteiger partial charge >= 0.3 is 0 Å². The molecule has 1 aromatic heterocycles. The molecule has 0 spiro atoms. The van der Waals surface area contributed by atoms with Crippen LogP contribution in [0, 0.1) is 11.9 Å². The molecule has 116 valence electrons. The van der Waals surface area contributed by atoms with E-state index in [0.717, 1.165) is 37.9 Å². The van der Waals surface area contributed by atoms with Gasteiger partial charge in [0.2, 0.25) is 5.95 Å². The third-order valence-electron chi connectivity index (χ3n) is 3.83. The molecule has 0 aromatic carbocycles. The summed E-state index contributed by atoms with van der Waals surface area (Å²) in [7, 11) is 0. The minimum absolute atomic E-state index is 0.183. The molecular weight excluding hydrogens is 273 g/mol. The van der Waals surface area contributed by atoms with Crippen molar-refractivity contribution in [1.29, 1.82) is 0 Å². The molecule has 0 aliphatic carbocycles. The van der Waals surface area contributed by atoms with Crippen LogP contribution in [0.4, 0.5) is 4.39 Å². The van der Waals surface area contributed by atoms with Crippen LogP contribution in [0.3, 0.4) is 0 Å². The number of halogens is 1. The fourth-order valence-electron chi connectivity index (χ4n) is 2.43. The maximum Gasteiger partial charge on any atom is 0.252 e. The van der Waals surface area contributed by atoms with Crippen molar-refractivity contribution in [3.8, 4) is 0 Å². The number of pyridine rings is 1. The average Bonchev–Trinajstić information content (AvgIpc) is 2.48. The summed E-state index contributed by atoms with van der Waals surface area (Å²) in [5.74, 6) is -0.219. The number of carbonyl (C=O) groups excluding carboxylic acids is 1. The van der Waals surface area contributed by atoms with Crippen molar-refractivity contribution in [3.63, 3.8) is 0 Å². The van der Waals surface area contributed by atoms with Crippen molar-refractivity contribution in [2.45, 2.75) is 25.9 Å². The van der Waals surface area contributed by atoms with E-state index in [4.69, 9.17) is 0 Å². The van der Waals surface area contributed by atoms with Gasteiger partial charge < -0.3 is 15.3 Å². The predicted molar refractivity (Wildman–Crippen MR) is 77.4 cm³/mol. The Morgan fingerprint density at radius 3 is 2.86 bits per heavy atom. The van der Waals surface area contributed by atoms with Gasteiger partial charge in [-0.3, -0.25) is 4.79 Å². The van der Waals surface area contributed by atoms with E-state index in [1.54, 1.807) is 0 Å². The lowest BCUT2D eigenvalue weighted by Gasteiger charge is -2.31. The van der Waals surface area contributed by atoms with Crippen molar-refractivity contribution in [3.05, 3.63) is 29.8 Å². The van der Waals surface area contributed by atoms with E-state index in [2.05, 4.69) is 22.1 Å². The molecule has 2 N–H and O–H groups in total. The van der Waals surface area contributed by atoms with Gasteiger partial charge in [0.15, 0.2) is 0 Å². The van der Waals surface area contributed by atoms with E-state index in [-0.39, 0.29) is 18.0 Å². The third-order valence-corrected chi connectivity index (χ3v) is 3.83. The maximum absolute atomic E-state index is 12.7. The van der Waals surface area contributed by atoms with Crippen LogP contribution in [0.5, 0.6) is 0 Å². The Morgan fingerprint density at radius 2 is 2.24 bits per heavy atom. The van der Waals surface area contributed by atoms with Crippen molar-refractivity contribution in [1.82, 2.24) is 15.2 Å². The summed E-state index contributed by atoms with van der Waals surface area (Å²) >= 11 is 0. The van der Waals surface area contributed by atoms with Crippen LogP contribution in [0.25, 0.3) is 0 Å². The molecule has 1 saturated heterocycles. The second-order valence-electron chi connectivity index (χ2n) is 5.72. The lowest BCUT2D eigenvalue weighted by molar-refractivity contribution is 0.0795. The largest absolute Gasteiger partial charge is 0.390 e. The van der Waals surface area contributed by atoms with Gasteiger partial charge in [-0.25, -0.2) is 4.98 Å². The minimum Gasteiger partial charge on any atom is -0.390 e. The molecule has 2 rings (SSSR count). The fraction of sp³-hybridized carbons (Fsp3) is 0.600. The first-order valence-electron chi connectivity index (χ1n) is 7.35. The summed E-state index contributed by atoms with van der Waals surface area (Å²) in [6.07, 6.45) is 2.89. The molecule has 0 bridgehead atoms. The first-order chi connectivity index (χ1) is 10.0. The van der Waals surface area contributed by atoms with Gasteiger partial charge in [-0.1, -0.05) is 6.92 Å². The van der Waals surface area contributed by atoms with E-state index >= 15 is 0 Å². The molecule has 1 aliphatic rings. The highest BCUT2D eigenvalue weighted by Crippen LogP contribution is 2.15. The molecule has 6 heteroatoms. The molecule has 1 aromatic rings. The Kier molecular flexibility index (Phi) is 5.64. The topological polar surface area (TPSA) is 65.5 Å². The Bertz CT molecular complexity index is 458. The molecular formula is C15H22FN3O2. The summed E-state index contributed by atoms with van der Waals surface area (Å²) in [4.78, 5) is 17.4. The number of aromatic nitrogens is 1. The third kappa shape index (κ3) is 5.06. The first-order valence-corrected chi connectivity index (χ1v) is 7.35. The number of rotatable bonds is 5. The SMILES string of the molecule is CC1CCN(CC(O)CNC(=O)c2ccc(F)nc2)CC1. The van der Waals surface area contributed by atoms with E-state index in [1.807, 2.05) is 0 Å². The molecule has 1 unspecified atom stereocenters. The molecule has 21 heavy (non-hydrogen) atoms. The Labute approximate surface area is 124 Å². The highest BCUT2D eigenvalue weighted by atomic mass is 19.1. The van der Waals surface area contributed by atoms with Crippen molar-refractivity contribution in [2.75, 3.05) is 26.2 Å². The van der Waals surface area contributed by atoms with Gasteiger partial charge in [0.25, 0.3) is 5.91 Å². The number of nitrogens with one attached hydrogen (secondary N) is 1. The number of amides is 1. The zero-order valence-corrected chi connectivity index (χ0v) is 12.3. The Morgan fingerprint density at radius 1 is 1.52 bits per heavy atom. The van der Waals surface area contributed by atoms with Gasteiger partial charge in [0.05, 0.1) is 11.7 Å². The Balaban J connectivity index is 1.72. The lowest BCUT2D eigenvalue weighted by Crippen LogP contribution is -2.43. The second kappa shape index (κ2) is 7.47. The minimum atomic E-state index is -0.620. The maximum atomic E-state index is 12.7. The van der Waals surface area contributed by atoms with Crippen LogP contribution in [-0.2, 0) is 0 Å². The molecule has 1 fully saturated rings. The first kappa shape index (κ1) is 15.9. The van der Waals surface area contributed by atoms with E-state index in [1.165, 1.54) is 12.3 Å². The summed E-state index contributed by atoms with van der Waals surface area (Å²) in [5, 5.41) is 12.6. The summed E-state index contributed by atoms with van der Waals surface area (Å²) in [5.41, 5.74) is 0.287. The quantitative estimate of drug-likeness (QED) is 0.797. The summed E-state index contributed by atoms with van der Waals surface area (Å²) in [6, 6.07) is 2.51. The van der Waals surface area contributed by atoms with E-state index in [0.29, 0.717) is 6.54 Å². The second-order valence-corrected chi connectivity index (χ2v) is 5.72. The number of likely N-dealkylation sites (tertiary alicyclic amines) is 1. The highest BCUT2D eigenvalue weighted by molar-refractivity contribution is 5.93. The van der Waals surface area contributed by atoms with E-state index < -0.39 is 12.1 Å². The molecule has 2 heterocycles. The highest BCUT2D eigenvalue weighted by Gasteiger charge is 2.18. The van der Waals surface area contributed by atoms with E-state index in [9.17, 15) is 14.3 Å². The molecule has 1 aliphatic heterocycles. The Hall–Kier alpha value is -1.53. The van der Waals surface area contributed by atoms with Crippen LogP contribution in [0.2, 0.25) is 0 Å². The fourth-order valence-corrected chi connectivity index (χ4v) is 2.43. The number of β-amino-alcohol motifs (C(OH)–C–C–N with tert-alkyl or cyclic N) is 1. The average molecular weight is 295 g/mol. The van der Waals surface area contributed by atoms with Gasteiger partial charge in [-0.05, 0) is 44.0 Å². The monoisotopic (exact) mass is 295 g/mol. The predicted octanol–water partition coefficient (Wildman–Crippen LogP) is 1.04. The molecule has 0 saturated carbocycles. The zero-order chi connectivity index (χ0) is 15.2. The summed E-state index contributed by atoms with van der Waals surface area (Å²) < 4.78 is 12.7. The van der Waals surface area contributed by atoms with Gasteiger partial charge in [0.1, 0.15) is 0 Å². The van der Waals surface area contributed by atoms with Crippen LogP contribution in [0.1, 0.15) is 30.1 Å². The van der Waals surface area contributed by atoms with Gasteiger partial charge in [-0.15, -0.1) is 0 Å². The number of hydrogen-bond donors (Lipinski definition) is 2. The number of carbonyl (C=O) groups is 1. The standard InChI is InChI=1S/C15H22FN3O2/c1-11-4-6-19(7-5-11)10-13(20)9-18-15(21)12-2-3-14(16)17-8-12/h2-3,8,11,13,20H,4-7,9-10H2,1H3,(H,18,21). The smallest absolute Gasteiger partial charge is 0.252 e. The molecule has 5 nitrogen and oxygen atoms in total. The van der Waals surface area contributed by atoms with Crippen LogP contribution >= 0.6 is 0 Å². The van der Waals surface area contributed by atoms with Crippen molar-refractivity contribution < 1.29 is 14.3 Å². The zero-order valence-electron chi connectivity index (χ0n) is 12.3. The van der Waals surface area contributed by atoms with Gasteiger partial charge in [0, 0.05) is 19.3 Å². The molecule has 1 amide bonds. The van der Waals surface area contributed by atoms with Crippen LogP contribution < -0.4 is 5.32 Å². The number of piperidine rings is 1. The van der Waals surface area contributed by atoms with Crippen molar-refractivity contribution >= 4 is 5.91 Å². The van der Waals surface area contributed by atoms with Crippen molar-refractivity contribution in [2.24, 2.45) is 5.92 Å². The number of aliphatic hydroxyl groups is 1. The number of hydrogen-bond acceptors (Lipinski definition) is 4. The number of nitrogens with zero attached hydrogens (tertiary/aromatic N) is 2.